The van der Waals surface area contributed by atoms with Crippen molar-refractivity contribution in [3.63, 3.8) is 0 Å². The Balaban J connectivity index is 2.10. The smallest absolute Gasteiger partial charge is 0.236 e. The molecule has 1 aromatic rings. The molecule has 1 aromatic carbocycles. The zero-order chi connectivity index (χ0) is 15.2. The molecule has 1 saturated heterocycles. The predicted octanol–water partition coefficient (Wildman–Crippen LogP) is 1.38. The molecule has 2 N–H and O–H groups in total. The third-order valence-corrected chi connectivity index (χ3v) is 3.96. The molecule has 0 spiro atoms. The third-order valence-electron chi connectivity index (χ3n) is 3.96. The standard InChI is InChI=1S/C16H23N3O2/c1-2-15(20)19(13-6-4-3-5-7-13)14-8-10-18(11-9-14)16(21)12-17/h3-7,14H,2,8-12,17H2,1H3. The molecule has 114 valence electrons. The Bertz CT molecular complexity index is 482. The van der Waals surface area contributed by atoms with Gasteiger partial charge in [0.15, 0.2) is 0 Å². The first-order valence-electron chi connectivity index (χ1n) is 7.52. The molecular formula is C16H23N3O2. The minimum atomic E-state index is -0.0125. The molecule has 2 rings (SSSR count). The summed E-state index contributed by atoms with van der Waals surface area (Å²) in [7, 11) is 0. The van der Waals surface area contributed by atoms with Crippen LogP contribution in [0.15, 0.2) is 30.3 Å². The van der Waals surface area contributed by atoms with Crippen LogP contribution >= 0.6 is 0 Å². The van der Waals surface area contributed by atoms with Crippen LogP contribution < -0.4 is 10.6 Å². The number of benzene rings is 1. The lowest BCUT2D eigenvalue weighted by molar-refractivity contribution is -0.130. The molecule has 0 unspecified atom stereocenters. The third kappa shape index (κ3) is 3.61. The monoisotopic (exact) mass is 289 g/mol. The van der Waals surface area contributed by atoms with Crippen LogP contribution in [0.2, 0.25) is 0 Å². The first-order valence-corrected chi connectivity index (χ1v) is 7.52. The van der Waals surface area contributed by atoms with Crippen LogP contribution in [-0.4, -0.2) is 42.4 Å². The van der Waals surface area contributed by atoms with Crippen molar-refractivity contribution in [3.05, 3.63) is 30.3 Å². The molecule has 0 aromatic heterocycles. The summed E-state index contributed by atoms with van der Waals surface area (Å²) in [6, 6.07) is 9.91. The average Bonchev–Trinajstić information content (AvgIpc) is 2.55. The van der Waals surface area contributed by atoms with Gasteiger partial charge in [0.1, 0.15) is 0 Å². The topological polar surface area (TPSA) is 66.6 Å². The number of para-hydroxylation sites is 1. The number of nitrogens with two attached hydrogens (primary N) is 1. The van der Waals surface area contributed by atoms with E-state index in [-0.39, 0.29) is 24.4 Å². The lowest BCUT2D eigenvalue weighted by Crippen LogP contribution is -2.50. The number of amides is 2. The van der Waals surface area contributed by atoms with Crippen molar-refractivity contribution in [1.82, 2.24) is 4.90 Å². The van der Waals surface area contributed by atoms with E-state index in [0.717, 1.165) is 18.5 Å². The van der Waals surface area contributed by atoms with Crippen molar-refractivity contribution in [3.8, 4) is 0 Å². The number of carbonyl (C=O) groups is 2. The Morgan fingerprint density at radius 2 is 1.86 bits per heavy atom. The maximum absolute atomic E-state index is 12.3. The van der Waals surface area contributed by atoms with E-state index in [4.69, 9.17) is 5.73 Å². The van der Waals surface area contributed by atoms with Crippen LogP contribution in [0, 0.1) is 0 Å². The molecule has 5 heteroatoms. The van der Waals surface area contributed by atoms with Crippen LogP contribution in [0.3, 0.4) is 0 Å². The molecule has 5 nitrogen and oxygen atoms in total. The lowest BCUT2D eigenvalue weighted by Gasteiger charge is -2.38. The molecule has 1 fully saturated rings. The Morgan fingerprint density at radius 3 is 2.38 bits per heavy atom. The number of hydrogen-bond donors (Lipinski definition) is 1. The van der Waals surface area contributed by atoms with Gasteiger partial charge in [0.25, 0.3) is 0 Å². The van der Waals surface area contributed by atoms with Crippen LogP contribution in [0.25, 0.3) is 0 Å². The highest BCUT2D eigenvalue weighted by Crippen LogP contribution is 2.24. The number of rotatable bonds is 4. The van der Waals surface area contributed by atoms with Gasteiger partial charge in [-0.2, -0.15) is 0 Å². The molecule has 0 atom stereocenters. The SMILES string of the molecule is CCC(=O)N(c1ccccc1)C1CCN(C(=O)CN)CC1. The molecule has 21 heavy (non-hydrogen) atoms. The fourth-order valence-electron chi connectivity index (χ4n) is 2.82. The summed E-state index contributed by atoms with van der Waals surface area (Å²) in [6.45, 7) is 3.27. The predicted molar refractivity (Wildman–Crippen MR) is 82.9 cm³/mol. The van der Waals surface area contributed by atoms with E-state index in [2.05, 4.69) is 0 Å². The van der Waals surface area contributed by atoms with E-state index >= 15 is 0 Å². The Hall–Kier alpha value is -1.88. The van der Waals surface area contributed by atoms with Crippen LogP contribution in [0.4, 0.5) is 5.69 Å². The molecular weight excluding hydrogens is 266 g/mol. The summed E-state index contributed by atoms with van der Waals surface area (Å²) in [4.78, 5) is 27.6. The van der Waals surface area contributed by atoms with E-state index < -0.39 is 0 Å². The molecule has 1 aliphatic heterocycles. The van der Waals surface area contributed by atoms with Gasteiger partial charge in [-0.3, -0.25) is 9.59 Å². The van der Waals surface area contributed by atoms with Crippen molar-refractivity contribution in [2.45, 2.75) is 32.2 Å². The number of nitrogens with zero attached hydrogens (tertiary/aromatic N) is 2. The second-order valence-corrected chi connectivity index (χ2v) is 5.27. The van der Waals surface area contributed by atoms with Crippen molar-refractivity contribution in [1.29, 1.82) is 0 Å². The maximum Gasteiger partial charge on any atom is 0.236 e. The zero-order valence-corrected chi connectivity index (χ0v) is 12.5. The first kappa shape index (κ1) is 15.5. The Kier molecular flexibility index (Phi) is 5.33. The second-order valence-electron chi connectivity index (χ2n) is 5.27. The van der Waals surface area contributed by atoms with Gasteiger partial charge in [0.2, 0.25) is 11.8 Å². The number of likely N-dealkylation sites (tertiary alicyclic amines) is 1. The van der Waals surface area contributed by atoms with Crippen molar-refractivity contribution >= 4 is 17.5 Å². The largest absolute Gasteiger partial charge is 0.341 e. The van der Waals surface area contributed by atoms with Gasteiger partial charge < -0.3 is 15.5 Å². The van der Waals surface area contributed by atoms with E-state index in [9.17, 15) is 9.59 Å². The molecule has 2 amide bonds. The average molecular weight is 289 g/mol. The van der Waals surface area contributed by atoms with Gasteiger partial charge in [-0.05, 0) is 25.0 Å². The fourth-order valence-corrected chi connectivity index (χ4v) is 2.82. The highest BCUT2D eigenvalue weighted by Gasteiger charge is 2.29. The summed E-state index contributed by atoms with van der Waals surface area (Å²) in [5.74, 6) is 0.117. The molecule has 1 aliphatic rings. The van der Waals surface area contributed by atoms with Gasteiger partial charge in [0.05, 0.1) is 6.54 Å². The summed E-state index contributed by atoms with van der Waals surface area (Å²) in [6.07, 6.45) is 2.08. The summed E-state index contributed by atoms with van der Waals surface area (Å²) in [5.41, 5.74) is 6.34. The van der Waals surface area contributed by atoms with Gasteiger partial charge in [-0.25, -0.2) is 0 Å². The van der Waals surface area contributed by atoms with E-state index in [0.29, 0.717) is 19.5 Å². The second kappa shape index (κ2) is 7.22. The fraction of sp³-hybridized carbons (Fsp3) is 0.500. The maximum atomic E-state index is 12.3. The quantitative estimate of drug-likeness (QED) is 0.910. The first-order chi connectivity index (χ1) is 10.2. The van der Waals surface area contributed by atoms with Gasteiger partial charge in [-0.1, -0.05) is 25.1 Å². The molecule has 0 saturated carbocycles. The normalized spacial score (nSPS) is 15.8. The lowest BCUT2D eigenvalue weighted by atomic mass is 10.0. The van der Waals surface area contributed by atoms with Crippen molar-refractivity contribution in [2.75, 3.05) is 24.5 Å². The van der Waals surface area contributed by atoms with Gasteiger partial charge >= 0.3 is 0 Å². The van der Waals surface area contributed by atoms with Gasteiger partial charge in [-0.15, -0.1) is 0 Å². The Morgan fingerprint density at radius 1 is 1.24 bits per heavy atom. The minimum Gasteiger partial charge on any atom is -0.341 e. The van der Waals surface area contributed by atoms with Gasteiger partial charge in [0, 0.05) is 31.2 Å². The zero-order valence-electron chi connectivity index (χ0n) is 12.5. The van der Waals surface area contributed by atoms with E-state index in [1.54, 1.807) is 4.90 Å². The summed E-state index contributed by atoms with van der Waals surface area (Å²) >= 11 is 0. The van der Waals surface area contributed by atoms with Crippen molar-refractivity contribution < 1.29 is 9.59 Å². The summed E-state index contributed by atoms with van der Waals surface area (Å²) in [5, 5.41) is 0. The molecule has 0 aliphatic carbocycles. The molecule has 0 bridgehead atoms. The van der Waals surface area contributed by atoms with E-state index in [1.807, 2.05) is 42.2 Å². The molecule has 0 radical (unpaired) electrons. The van der Waals surface area contributed by atoms with Crippen LogP contribution in [-0.2, 0) is 9.59 Å². The highest BCUT2D eigenvalue weighted by molar-refractivity contribution is 5.93. The highest BCUT2D eigenvalue weighted by atomic mass is 16.2. The number of anilines is 1. The summed E-state index contributed by atoms with van der Waals surface area (Å²) < 4.78 is 0. The minimum absolute atomic E-state index is 0.0125. The number of hydrogen-bond acceptors (Lipinski definition) is 3. The molecule has 1 heterocycles. The van der Waals surface area contributed by atoms with Crippen LogP contribution in [0.5, 0.6) is 0 Å². The van der Waals surface area contributed by atoms with Crippen molar-refractivity contribution in [2.24, 2.45) is 5.73 Å². The number of piperidine rings is 1. The van der Waals surface area contributed by atoms with E-state index in [1.165, 1.54) is 0 Å². The Labute approximate surface area is 125 Å². The van der Waals surface area contributed by atoms with Crippen LogP contribution in [0.1, 0.15) is 26.2 Å². The number of carbonyl (C=O) groups excluding carboxylic acids is 2.